The molecule has 102 valence electrons. The predicted octanol–water partition coefficient (Wildman–Crippen LogP) is 3.12. The number of carbonyl (C=O) groups is 2. The smallest absolute Gasteiger partial charge is 0.336 e. The molecule has 0 atom stereocenters. The molecule has 0 amide bonds. The molecule has 0 aliphatic rings. The van der Waals surface area contributed by atoms with Gasteiger partial charge in [0.2, 0.25) is 0 Å². The molecule has 0 radical (unpaired) electrons. The molecule has 1 aromatic rings. The lowest BCUT2D eigenvalue weighted by molar-refractivity contribution is -0.137. The van der Waals surface area contributed by atoms with E-state index in [0.717, 1.165) is 5.57 Å². The molecule has 0 aromatic heterocycles. The minimum Gasteiger partial charge on any atom is -0.426 e. The first-order valence-electron chi connectivity index (χ1n) is 6.07. The van der Waals surface area contributed by atoms with E-state index in [4.69, 9.17) is 9.47 Å². The van der Waals surface area contributed by atoms with Crippen LogP contribution in [0.4, 0.5) is 0 Å². The number of allylic oxidation sites excluding steroid dienone is 1. The van der Waals surface area contributed by atoms with Crippen LogP contribution < -0.4 is 9.47 Å². The number of carbonyl (C=O) groups excluding carboxylic acids is 2. The van der Waals surface area contributed by atoms with Gasteiger partial charge in [0.25, 0.3) is 0 Å². The first-order chi connectivity index (χ1) is 8.88. The largest absolute Gasteiger partial charge is 0.426 e. The topological polar surface area (TPSA) is 52.6 Å². The summed E-state index contributed by atoms with van der Waals surface area (Å²) in [7, 11) is 0. The van der Waals surface area contributed by atoms with Crippen molar-refractivity contribution in [3.63, 3.8) is 0 Å². The van der Waals surface area contributed by atoms with E-state index in [1.165, 1.54) is 12.1 Å². The zero-order valence-corrected chi connectivity index (χ0v) is 11.6. The molecule has 0 saturated carbocycles. The van der Waals surface area contributed by atoms with Crippen molar-refractivity contribution in [2.45, 2.75) is 27.7 Å². The van der Waals surface area contributed by atoms with Gasteiger partial charge in [-0.05, 0) is 26.0 Å². The van der Waals surface area contributed by atoms with Crippen LogP contribution >= 0.6 is 0 Å². The highest BCUT2D eigenvalue weighted by atomic mass is 16.5. The Kier molecular flexibility index (Phi) is 5.30. The van der Waals surface area contributed by atoms with E-state index in [9.17, 15) is 9.59 Å². The zero-order valence-electron chi connectivity index (χ0n) is 11.6. The molecule has 4 nitrogen and oxygen atoms in total. The van der Waals surface area contributed by atoms with Gasteiger partial charge in [-0.2, -0.15) is 0 Å². The van der Waals surface area contributed by atoms with E-state index in [0.29, 0.717) is 11.5 Å². The van der Waals surface area contributed by atoms with Gasteiger partial charge < -0.3 is 9.47 Å². The third kappa shape index (κ3) is 5.38. The van der Waals surface area contributed by atoms with Gasteiger partial charge in [-0.25, -0.2) is 4.79 Å². The van der Waals surface area contributed by atoms with Gasteiger partial charge in [0.1, 0.15) is 11.5 Å². The Labute approximate surface area is 113 Å². The number of rotatable bonds is 4. The summed E-state index contributed by atoms with van der Waals surface area (Å²) in [6.07, 6.45) is 1.40. The van der Waals surface area contributed by atoms with Crippen LogP contribution in [0.1, 0.15) is 27.7 Å². The highest BCUT2D eigenvalue weighted by Crippen LogP contribution is 2.20. The average molecular weight is 262 g/mol. The number of benzene rings is 1. The molecule has 1 aromatic carbocycles. The summed E-state index contributed by atoms with van der Waals surface area (Å²) in [6, 6.07) is 6.44. The van der Waals surface area contributed by atoms with E-state index in [2.05, 4.69) is 0 Å². The van der Waals surface area contributed by atoms with E-state index in [-0.39, 0.29) is 11.9 Å². The lowest BCUT2D eigenvalue weighted by Crippen LogP contribution is -2.14. The lowest BCUT2D eigenvalue weighted by atomic mass is 10.2. The Hall–Kier alpha value is -2.10. The molecular weight excluding hydrogens is 244 g/mol. The Bertz CT molecular complexity index is 497. The Morgan fingerprint density at radius 2 is 1.68 bits per heavy atom. The first kappa shape index (κ1) is 15.0. The molecule has 0 heterocycles. The van der Waals surface area contributed by atoms with E-state index in [1.54, 1.807) is 32.0 Å². The fourth-order valence-electron chi connectivity index (χ4n) is 1.22. The zero-order chi connectivity index (χ0) is 14.4. The van der Waals surface area contributed by atoms with Crippen LogP contribution in [0.3, 0.4) is 0 Å². The maximum Gasteiger partial charge on any atom is 0.336 e. The van der Waals surface area contributed by atoms with Gasteiger partial charge >= 0.3 is 11.9 Å². The second kappa shape index (κ2) is 6.73. The van der Waals surface area contributed by atoms with Crippen LogP contribution in [-0.4, -0.2) is 11.9 Å². The SMILES string of the molecule is CC(C)=CC(=O)Oc1cccc(OC(=O)C(C)C)c1. The van der Waals surface area contributed by atoms with Crippen molar-refractivity contribution in [3.05, 3.63) is 35.9 Å². The van der Waals surface area contributed by atoms with Crippen molar-refractivity contribution >= 4 is 11.9 Å². The molecule has 19 heavy (non-hydrogen) atoms. The molecule has 0 saturated heterocycles. The number of esters is 2. The summed E-state index contributed by atoms with van der Waals surface area (Å²) in [6.45, 7) is 7.12. The fraction of sp³-hybridized carbons (Fsp3) is 0.333. The monoisotopic (exact) mass is 262 g/mol. The Balaban J connectivity index is 2.75. The van der Waals surface area contributed by atoms with E-state index < -0.39 is 5.97 Å². The second-order valence-electron chi connectivity index (χ2n) is 4.69. The van der Waals surface area contributed by atoms with Crippen LogP contribution in [0.5, 0.6) is 11.5 Å². The molecule has 0 spiro atoms. The minimum atomic E-state index is -0.452. The Morgan fingerprint density at radius 3 is 2.21 bits per heavy atom. The maximum absolute atomic E-state index is 11.5. The van der Waals surface area contributed by atoms with Crippen LogP contribution in [0.25, 0.3) is 0 Å². The molecule has 0 fully saturated rings. The summed E-state index contributed by atoms with van der Waals surface area (Å²) in [5, 5.41) is 0. The quantitative estimate of drug-likeness (QED) is 0.475. The second-order valence-corrected chi connectivity index (χ2v) is 4.69. The average Bonchev–Trinajstić information content (AvgIpc) is 2.27. The molecule has 0 aliphatic carbocycles. The van der Waals surface area contributed by atoms with Crippen LogP contribution in [0.2, 0.25) is 0 Å². The lowest BCUT2D eigenvalue weighted by Gasteiger charge is -2.08. The van der Waals surface area contributed by atoms with Crippen LogP contribution in [-0.2, 0) is 9.59 Å². The van der Waals surface area contributed by atoms with Crippen LogP contribution in [0.15, 0.2) is 35.9 Å². The first-order valence-corrected chi connectivity index (χ1v) is 6.07. The molecule has 1 rings (SSSR count). The number of hydrogen-bond donors (Lipinski definition) is 0. The van der Waals surface area contributed by atoms with Crippen molar-refractivity contribution in [2.24, 2.45) is 5.92 Å². The molecule has 0 bridgehead atoms. The molecule has 4 heteroatoms. The summed E-state index contributed by atoms with van der Waals surface area (Å²) in [5.41, 5.74) is 0.854. The summed E-state index contributed by atoms with van der Waals surface area (Å²) >= 11 is 0. The van der Waals surface area contributed by atoms with Gasteiger partial charge in [0, 0.05) is 12.1 Å². The maximum atomic E-state index is 11.5. The van der Waals surface area contributed by atoms with Crippen molar-refractivity contribution in [1.29, 1.82) is 0 Å². The van der Waals surface area contributed by atoms with Gasteiger partial charge in [-0.15, -0.1) is 0 Å². The summed E-state index contributed by atoms with van der Waals surface area (Å²) in [4.78, 5) is 22.9. The van der Waals surface area contributed by atoms with E-state index >= 15 is 0 Å². The summed E-state index contributed by atoms with van der Waals surface area (Å²) in [5.74, 6) is -0.283. The summed E-state index contributed by atoms with van der Waals surface area (Å²) < 4.78 is 10.2. The third-order valence-corrected chi connectivity index (χ3v) is 2.12. The highest BCUT2D eigenvalue weighted by molar-refractivity contribution is 5.84. The molecule has 0 N–H and O–H groups in total. The fourth-order valence-corrected chi connectivity index (χ4v) is 1.22. The minimum absolute atomic E-state index is 0.211. The molecule has 0 aliphatic heterocycles. The normalized spacial score (nSPS) is 9.95. The Morgan fingerprint density at radius 1 is 1.11 bits per heavy atom. The van der Waals surface area contributed by atoms with Crippen molar-refractivity contribution < 1.29 is 19.1 Å². The van der Waals surface area contributed by atoms with Gasteiger partial charge in [-0.1, -0.05) is 25.5 Å². The molecular formula is C15H18O4. The predicted molar refractivity (Wildman–Crippen MR) is 72.0 cm³/mol. The third-order valence-electron chi connectivity index (χ3n) is 2.12. The van der Waals surface area contributed by atoms with Gasteiger partial charge in [0.05, 0.1) is 5.92 Å². The number of hydrogen-bond acceptors (Lipinski definition) is 4. The van der Waals surface area contributed by atoms with Gasteiger partial charge in [-0.3, -0.25) is 4.79 Å². The van der Waals surface area contributed by atoms with Crippen molar-refractivity contribution in [3.8, 4) is 11.5 Å². The standard InChI is InChI=1S/C15H18O4/c1-10(2)8-14(16)18-12-6-5-7-13(9-12)19-15(17)11(3)4/h5-9,11H,1-4H3. The molecule has 0 unspecified atom stereocenters. The van der Waals surface area contributed by atoms with Gasteiger partial charge in [0.15, 0.2) is 0 Å². The van der Waals surface area contributed by atoms with Crippen molar-refractivity contribution in [2.75, 3.05) is 0 Å². The number of ether oxygens (including phenoxy) is 2. The van der Waals surface area contributed by atoms with E-state index in [1.807, 2.05) is 13.8 Å². The van der Waals surface area contributed by atoms with Crippen LogP contribution in [0, 0.1) is 5.92 Å². The highest BCUT2D eigenvalue weighted by Gasteiger charge is 2.10. The van der Waals surface area contributed by atoms with Crippen molar-refractivity contribution in [1.82, 2.24) is 0 Å².